The lowest BCUT2D eigenvalue weighted by molar-refractivity contribution is -0.150. The Hall–Kier alpha value is -0.570. The average molecular weight is 197 g/mol. The van der Waals surface area contributed by atoms with Gasteiger partial charge >= 0.3 is 5.97 Å². The number of piperidine rings is 2. The number of nitrogens with zero attached hydrogens (tertiary/aromatic N) is 1. The molecule has 2 rings (SSSR count). The van der Waals surface area contributed by atoms with E-state index in [0.717, 1.165) is 12.8 Å². The highest BCUT2D eigenvalue weighted by atomic mass is 16.5. The Balaban J connectivity index is 2.04. The van der Waals surface area contributed by atoms with Crippen LogP contribution in [0.15, 0.2) is 0 Å². The monoisotopic (exact) mass is 197 g/mol. The van der Waals surface area contributed by atoms with Crippen LogP contribution in [0, 0.1) is 5.92 Å². The fraction of sp³-hybridized carbons (Fsp3) is 0.909. The van der Waals surface area contributed by atoms with E-state index in [9.17, 15) is 4.79 Å². The molecule has 0 N–H and O–H groups in total. The van der Waals surface area contributed by atoms with Crippen molar-refractivity contribution < 1.29 is 9.53 Å². The highest BCUT2D eigenvalue weighted by Gasteiger charge is 2.37. The molecule has 3 nitrogen and oxygen atoms in total. The molecular weight excluding hydrogens is 178 g/mol. The summed E-state index contributed by atoms with van der Waals surface area (Å²) in [5, 5.41) is 0. The lowest BCUT2D eigenvalue weighted by atomic mass is 9.83. The van der Waals surface area contributed by atoms with Gasteiger partial charge in [0.15, 0.2) is 0 Å². The van der Waals surface area contributed by atoms with Crippen LogP contribution in [0.25, 0.3) is 0 Å². The molecule has 0 saturated carbocycles. The average Bonchev–Trinajstić information content (AvgIpc) is 2.27. The molecule has 0 unspecified atom stereocenters. The van der Waals surface area contributed by atoms with Crippen LogP contribution in [0.4, 0.5) is 0 Å². The van der Waals surface area contributed by atoms with Gasteiger partial charge in [-0.15, -0.1) is 0 Å². The van der Waals surface area contributed by atoms with E-state index in [1.54, 1.807) is 0 Å². The maximum absolute atomic E-state index is 11.6. The van der Waals surface area contributed by atoms with Gasteiger partial charge in [0.05, 0.1) is 13.0 Å². The molecule has 0 spiro atoms. The van der Waals surface area contributed by atoms with Crippen LogP contribution in [0.2, 0.25) is 0 Å². The summed E-state index contributed by atoms with van der Waals surface area (Å²) in [5.74, 6) is 0.149. The van der Waals surface area contributed by atoms with E-state index in [-0.39, 0.29) is 11.9 Å². The standard InChI is InChI=1S/C11H19NO2/c1-14-11(13)9-5-4-8-12-7-3-2-6-10(9)12/h9-10H,2-8H2,1H3/t9-,10+/m1/s1. The van der Waals surface area contributed by atoms with Gasteiger partial charge in [0.1, 0.15) is 0 Å². The number of hydrogen-bond acceptors (Lipinski definition) is 3. The first-order valence-corrected chi connectivity index (χ1v) is 5.65. The van der Waals surface area contributed by atoms with Crippen LogP contribution < -0.4 is 0 Å². The highest BCUT2D eigenvalue weighted by molar-refractivity contribution is 5.73. The van der Waals surface area contributed by atoms with Gasteiger partial charge in [-0.2, -0.15) is 0 Å². The van der Waals surface area contributed by atoms with Crippen LogP contribution >= 0.6 is 0 Å². The summed E-state index contributed by atoms with van der Waals surface area (Å²) in [6.45, 7) is 2.36. The SMILES string of the molecule is COC(=O)[C@@H]1CCCN2CCCC[C@@H]12. The Labute approximate surface area is 85.4 Å². The Morgan fingerprint density at radius 1 is 1.21 bits per heavy atom. The summed E-state index contributed by atoms with van der Waals surface area (Å²) in [6.07, 6.45) is 5.92. The van der Waals surface area contributed by atoms with E-state index in [1.165, 1.54) is 39.5 Å². The summed E-state index contributed by atoms with van der Waals surface area (Å²) in [4.78, 5) is 14.1. The van der Waals surface area contributed by atoms with E-state index >= 15 is 0 Å². The van der Waals surface area contributed by atoms with E-state index in [0.29, 0.717) is 6.04 Å². The van der Waals surface area contributed by atoms with Crippen molar-refractivity contribution in [2.24, 2.45) is 5.92 Å². The van der Waals surface area contributed by atoms with Gasteiger partial charge in [-0.3, -0.25) is 9.69 Å². The van der Waals surface area contributed by atoms with E-state index < -0.39 is 0 Å². The predicted molar refractivity (Wildman–Crippen MR) is 54.0 cm³/mol. The minimum atomic E-state index is 0.00148. The molecule has 14 heavy (non-hydrogen) atoms. The largest absolute Gasteiger partial charge is 0.469 e. The van der Waals surface area contributed by atoms with E-state index in [2.05, 4.69) is 4.90 Å². The maximum atomic E-state index is 11.6. The molecule has 0 aromatic heterocycles. The zero-order chi connectivity index (χ0) is 9.97. The first-order valence-electron chi connectivity index (χ1n) is 5.65. The maximum Gasteiger partial charge on any atom is 0.310 e. The molecule has 2 heterocycles. The third-order valence-electron chi connectivity index (χ3n) is 3.59. The summed E-state index contributed by atoms with van der Waals surface area (Å²) in [6, 6.07) is 0.477. The topological polar surface area (TPSA) is 29.5 Å². The normalized spacial score (nSPS) is 33.5. The lowest BCUT2D eigenvalue weighted by Crippen LogP contribution is -2.50. The second-order valence-corrected chi connectivity index (χ2v) is 4.37. The number of ether oxygens (including phenoxy) is 1. The minimum Gasteiger partial charge on any atom is -0.469 e. The van der Waals surface area contributed by atoms with Crippen molar-refractivity contribution in [1.82, 2.24) is 4.90 Å². The molecule has 2 aliphatic rings. The molecule has 2 saturated heterocycles. The molecule has 2 fully saturated rings. The van der Waals surface area contributed by atoms with Crippen molar-refractivity contribution in [2.75, 3.05) is 20.2 Å². The summed E-state index contributed by atoms with van der Waals surface area (Å²) < 4.78 is 4.87. The van der Waals surface area contributed by atoms with Crippen molar-refractivity contribution in [1.29, 1.82) is 0 Å². The molecule has 2 atom stereocenters. The quantitative estimate of drug-likeness (QED) is 0.595. The van der Waals surface area contributed by atoms with Gasteiger partial charge in [-0.1, -0.05) is 6.42 Å². The first kappa shape index (κ1) is 9.97. The third-order valence-corrected chi connectivity index (χ3v) is 3.59. The highest BCUT2D eigenvalue weighted by Crippen LogP contribution is 2.31. The van der Waals surface area contributed by atoms with Gasteiger partial charge in [0.25, 0.3) is 0 Å². The molecule has 2 aliphatic heterocycles. The van der Waals surface area contributed by atoms with Crippen molar-refractivity contribution >= 4 is 5.97 Å². The number of carbonyl (C=O) groups excluding carboxylic acids is 1. The van der Waals surface area contributed by atoms with Gasteiger partial charge in [-0.25, -0.2) is 0 Å². The zero-order valence-corrected chi connectivity index (χ0v) is 8.87. The number of rotatable bonds is 1. The van der Waals surface area contributed by atoms with Crippen molar-refractivity contribution in [3.63, 3.8) is 0 Å². The van der Waals surface area contributed by atoms with Crippen LogP contribution in [0.1, 0.15) is 32.1 Å². The second kappa shape index (κ2) is 4.30. The van der Waals surface area contributed by atoms with Crippen molar-refractivity contribution in [3.8, 4) is 0 Å². The zero-order valence-electron chi connectivity index (χ0n) is 8.87. The number of hydrogen-bond donors (Lipinski definition) is 0. The fourth-order valence-corrected chi connectivity index (χ4v) is 2.88. The number of fused-ring (bicyclic) bond motifs is 1. The molecule has 0 bridgehead atoms. The number of methoxy groups -OCH3 is 1. The smallest absolute Gasteiger partial charge is 0.310 e. The fourth-order valence-electron chi connectivity index (χ4n) is 2.88. The molecule has 0 aliphatic carbocycles. The molecule has 0 amide bonds. The lowest BCUT2D eigenvalue weighted by Gasteiger charge is -2.43. The van der Waals surface area contributed by atoms with Crippen LogP contribution in [-0.4, -0.2) is 37.1 Å². The minimum absolute atomic E-state index is 0.00148. The van der Waals surface area contributed by atoms with Crippen LogP contribution in [-0.2, 0) is 9.53 Å². The Kier molecular flexibility index (Phi) is 3.06. The van der Waals surface area contributed by atoms with Gasteiger partial charge < -0.3 is 4.74 Å². The van der Waals surface area contributed by atoms with Crippen LogP contribution in [0.3, 0.4) is 0 Å². The van der Waals surface area contributed by atoms with Crippen LogP contribution in [0.5, 0.6) is 0 Å². The molecule has 0 aromatic carbocycles. The summed E-state index contributed by atoms with van der Waals surface area (Å²) in [5.41, 5.74) is 0. The number of esters is 1. The Bertz CT molecular complexity index is 215. The molecule has 0 aromatic rings. The van der Waals surface area contributed by atoms with Crippen molar-refractivity contribution in [3.05, 3.63) is 0 Å². The Morgan fingerprint density at radius 2 is 2.00 bits per heavy atom. The van der Waals surface area contributed by atoms with Gasteiger partial charge in [-0.05, 0) is 38.8 Å². The summed E-state index contributed by atoms with van der Waals surface area (Å²) in [7, 11) is 1.50. The Morgan fingerprint density at radius 3 is 2.79 bits per heavy atom. The number of carbonyl (C=O) groups is 1. The van der Waals surface area contributed by atoms with Crippen molar-refractivity contribution in [2.45, 2.75) is 38.1 Å². The molecular formula is C11H19NO2. The predicted octanol–water partition coefficient (Wildman–Crippen LogP) is 1.42. The first-order chi connectivity index (χ1) is 6.83. The second-order valence-electron chi connectivity index (χ2n) is 4.37. The summed E-state index contributed by atoms with van der Waals surface area (Å²) >= 11 is 0. The third kappa shape index (κ3) is 1.78. The van der Waals surface area contributed by atoms with E-state index in [4.69, 9.17) is 4.74 Å². The molecule has 3 heteroatoms. The van der Waals surface area contributed by atoms with E-state index in [1.807, 2.05) is 0 Å². The molecule has 0 radical (unpaired) electrons. The molecule has 80 valence electrons. The van der Waals surface area contributed by atoms with Gasteiger partial charge in [0.2, 0.25) is 0 Å². The van der Waals surface area contributed by atoms with Gasteiger partial charge in [0, 0.05) is 6.04 Å².